The third-order valence-electron chi connectivity index (χ3n) is 5.04. The monoisotopic (exact) mass is 444 g/mol. The standard InChI is InChI=1S/C17H22N4OS.C2HF3O2/c22-17(15-4-3-9-23-15)21-12-14(10-19-6-1-2-7-19)11-20-8-5-18-16(20)13-21;3-2(4,5)1(6)7/h3-5,8-9,14H,1-2,6-7,10-13H2;(H,6,7). The lowest BCUT2D eigenvalue weighted by Crippen LogP contribution is -2.38. The number of alkyl halides is 3. The zero-order valence-corrected chi connectivity index (χ0v) is 17.0. The molecule has 1 saturated heterocycles. The van der Waals surface area contributed by atoms with Crippen LogP contribution in [0.4, 0.5) is 13.2 Å². The van der Waals surface area contributed by atoms with Crippen LogP contribution in [0.2, 0.25) is 0 Å². The molecule has 1 amide bonds. The molecule has 1 atom stereocenters. The topological polar surface area (TPSA) is 78.7 Å². The zero-order chi connectivity index (χ0) is 21.7. The summed E-state index contributed by atoms with van der Waals surface area (Å²) in [5, 5.41) is 9.09. The van der Waals surface area contributed by atoms with Crippen molar-refractivity contribution >= 4 is 23.2 Å². The first kappa shape index (κ1) is 22.3. The van der Waals surface area contributed by atoms with Gasteiger partial charge in [0.25, 0.3) is 5.91 Å². The Labute approximate surface area is 175 Å². The van der Waals surface area contributed by atoms with Crippen LogP contribution in [0.5, 0.6) is 0 Å². The van der Waals surface area contributed by atoms with Crippen LogP contribution in [0.15, 0.2) is 29.9 Å². The Morgan fingerprint density at radius 3 is 2.53 bits per heavy atom. The first-order valence-corrected chi connectivity index (χ1v) is 10.5. The zero-order valence-electron chi connectivity index (χ0n) is 16.2. The SMILES string of the molecule is O=C(O)C(F)(F)F.O=C(c1cccs1)N1Cc2nccn2CC(CN2CCCC2)C1. The molecule has 4 heterocycles. The van der Waals surface area contributed by atoms with Crippen molar-refractivity contribution in [2.75, 3.05) is 26.2 Å². The number of nitrogens with zero attached hydrogens (tertiary/aromatic N) is 4. The summed E-state index contributed by atoms with van der Waals surface area (Å²) < 4.78 is 34.0. The maximum Gasteiger partial charge on any atom is 0.490 e. The number of hydrogen-bond acceptors (Lipinski definition) is 5. The van der Waals surface area contributed by atoms with Crippen molar-refractivity contribution in [3.63, 3.8) is 0 Å². The number of thiophene rings is 1. The van der Waals surface area contributed by atoms with E-state index in [4.69, 9.17) is 9.90 Å². The van der Waals surface area contributed by atoms with Crippen molar-refractivity contribution in [1.82, 2.24) is 19.4 Å². The van der Waals surface area contributed by atoms with Gasteiger partial charge in [0.1, 0.15) is 5.82 Å². The van der Waals surface area contributed by atoms with Crippen molar-refractivity contribution in [2.45, 2.75) is 32.1 Å². The van der Waals surface area contributed by atoms with Crippen molar-refractivity contribution in [3.05, 3.63) is 40.6 Å². The number of carboxylic acids is 1. The number of carbonyl (C=O) groups is 2. The van der Waals surface area contributed by atoms with E-state index >= 15 is 0 Å². The molecular formula is C19H23F3N4O3S. The van der Waals surface area contributed by atoms with Crippen LogP contribution in [0.3, 0.4) is 0 Å². The van der Waals surface area contributed by atoms with Gasteiger partial charge in [-0.05, 0) is 37.4 Å². The van der Waals surface area contributed by atoms with E-state index in [1.54, 1.807) is 0 Å². The van der Waals surface area contributed by atoms with E-state index in [9.17, 15) is 18.0 Å². The number of rotatable bonds is 3. The molecule has 2 aliphatic rings. The van der Waals surface area contributed by atoms with Crippen molar-refractivity contribution < 1.29 is 27.9 Å². The normalized spacial score (nSPS) is 19.6. The van der Waals surface area contributed by atoms with Crippen LogP contribution < -0.4 is 0 Å². The number of aromatic nitrogens is 2. The van der Waals surface area contributed by atoms with E-state index in [2.05, 4.69) is 14.5 Å². The number of imidazole rings is 1. The van der Waals surface area contributed by atoms with E-state index in [1.807, 2.05) is 34.8 Å². The molecule has 0 spiro atoms. The third kappa shape index (κ3) is 5.82. The van der Waals surface area contributed by atoms with Gasteiger partial charge < -0.3 is 19.5 Å². The summed E-state index contributed by atoms with van der Waals surface area (Å²) in [6.07, 6.45) is 1.43. The lowest BCUT2D eigenvalue weighted by Gasteiger charge is -2.27. The maximum atomic E-state index is 12.8. The average Bonchev–Trinajstić information content (AvgIpc) is 3.43. The second kappa shape index (κ2) is 9.61. The lowest BCUT2D eigenvalue weighted by atomic mass is 10.1. The van der Waals surface area contributed by atoms with Crippen LogP contribution in [0.25, 0.3) is 0 Å². The Balaban J connectivity index is 0.000000318. The van der Waals surface area contributed by atoms with Gasteiger partial charge in [0.15, 0.2) is 0 Å². The average molecular weight is 444 g/mol. The first-order valence-electron chi connectivity index (χ1n) is 9.59. The Kier molecular flexibility index (Phi) is 7.14. The number of amides is 1. The van der Waals surface area contributed by atoms with Crippen LogP contribution in [0, 0.1) is 5.92 Å². The summed E-state index contributed by atoms with van der Waals surface area (Å²) >= 11 is 1.52. The molecule has 7 nitrogen and oxygen atoms in total. The molecule has 1 unspecified atom stereocenters. The molecule has 0 bridgehead atoms. The van der Waals surface area contributed by atoms with Gasteiger partial charge in [-0.3, -0.25) is 4.79 Å². The molecule has 30 heavy (non-hydrogen) atoms. The fourth-order valence-electron chi connectivity index (χ4n) is 3.70. The second-order valence-corrected chi connectivity index (χ2v) is 8.28. The van der Waals surface area contributed by atoms with E-state index < -0.39 is 12.1 Å². The molecule has 2 aromatic heterocycles. The third-order valence-corrected chi connectivity index (χ3v) is 5.90. The highest BCUT2D eigenvalue weighted by Gasteiger charge is 2.38. The van der Waals surface area contributed by atoms with Gasteiger partial charge in [-0.1, -0.05) is 6.07 Å². The molecule has 2 aromatic rings. The quantitative estimate of drug-likeness (QED) is 0.788. The molecular weight excluding hydrogens is 421 g/mol. The van der Waals surface area contributed by atoms with Crippen molar-refractivity contribution in [3.8, 4) is 0 Å². The van der Waals surface area contributed by atoms with Gasteiger partial charge in [-0.25, -0.2) is 9.78 Å². The molecule has 0 aromatic carbocycles. The fraction of sp³-hybridized carbons (Fsp3) is 0.526. The lowest BCUT2D eigenvalue weighted by molar-refractivity contribution is -0.192. The van der Waals surface area contributed by atoms with Crippen molar-refractivity contribution in [2.24, 2.45) is 5.92 Å². The number of fused-ring (bicyclic) bond motifs is 1. The molecule has 1 N–H and O–H groups in total. The fourth-order valence-corrected chi connectivity index (χ4v) is 4.39. The summed E-state index contributed by atoms with van der Waals surface area (Å²) in [5.74, 6) is -1.15. The molecule has 4 rings (SSSR count). The van der Waals surface area contributed by atoms with Crippen LogP contribution in [-0.2, 0) is 17.9 Å². The van der Waals surface area contributed by atoms with E-state index in [-0.39, 0.29) is 5.91 Å². The second-order valence-electron chi connectivity index (χ2n) is 7.34. The predicted molar refractivity (Wildman–Crippen MR) is 104 cm³/mol. The minimum atomic E-state index is -5.08. The number of hydrogen-bond donors (Lipinski definition) is 1. The Morgan fingerprint density at radius 2 is 1.93 bits per heavy atom. The summed E-state index contributed by atoms with van der Waals surface area (Å²) in [5.41, 5.74) is 0. The van der Waals surface area contributed by atoms with Crippen molar-refractivity contribution in [1.29, 1.82) is 0 Å². The maximum absolute atomic E-state index is 12.8. The highest BCUT2D eigenvalue weighted by Crippen LogP contribution is 2.21. The predicted octanol–water partition coefficient (Wildman–Crippen LogP) is 2.95. The van der Waals surface area contributed by atoms with E-state index in [1.165, 1.54) is 37.3 Å². The Bertz CT molecular complexity index is 848. The van der Waals surface area contributed by atoms with Gasteiger partial charge in [-0.15, -0.1) is 11.3 Å². The smallest absolute Gasteiger partial charge is 0.475 e. The van der Waals surface area contributed by atoms with Gasteiger partial charge in [0.2, 0.25) is 0 Å². The number of carbonyl (C=O) groups excluding carboxylic acids is 1. The summed E-state index contributed by atoms with van der Waals surface area (Å²) in [4.78, 5) is 31.5. The summed E-state index contributed by atoms with van der Waals surface area (Å²) in [6, 6.07) is 3.86. The molecule has 0 radical (unpaired) electrons. The van der Waals surface area contributed by atoms with Crippen LogP contribution >= 0.6 is 11.3 Å². The van der Waals surface area contributed by atoms with E-state index in [0.717, 1.165) is 30.3 Å². The van der Waals surface area contributed by atoms with Crippen LogP contribution in [-0.4, -0.2) is 68.7 Å². The van der Waals surface area contributed by atoms with Crippen LogP contribution in [0.1, 0.15) is 28.3 Å². The minimum absolute atomic E-state index is 0.142. The first-order chi connectivity index (χ1) is 14.2. The number of aliphatic carboxylic acids is 1. The highest BCUT2D eigenvalue weighted by molar-refractivity contribution is 7.12. The van der Waals surface area contributed by atoms with E-state index in [0.29, 0.717) is 12.5 Å². The molecule has 2 aliphatic heterocycles. The van der Waals surface area contributed by atoms with Gasteiger partial charge in [-0.2, -0.15) is 13.2 Å². The van der Waals surface area contributed by atoms with Gasteiger partial charge in [0, 0.05) is 37.9 Å². The Hall–Kier alpha value is -2.40. The van der Waals surface area contributed by atoms with Gasteiger partial charge >= 0.3 is 12.1 Å². The number of carboxylic acid groups (broad SMARTS) is 1. The Morgan fingerprint density at radius 1 is 1.23 bits per heavy atom. The molecule has 164 valence electrons. The highest BCUT2D eigenvalue weighted by atomic mass is 32.1. The molecule has 1 fully saturated rings. The largest absolute Gasteiger partial charge is 0.490 e. The molecule has 11 heteroatoms. The molecule has 0 aliphatic carbocycles. The minimum Gasteiger partial charge on any atom is -0.475 e. The van der Waals surface area contributed by atoms with Gasteiger partial charge in [0.05, 0.1) is 11.4 Å². The number of halogens is 3. The summed E-state index contributed by atoms with van der Waals surface area (Å²) in [7, 11) is 0. The molecule has 0 saturated carbocycles. The summed E-state index contributed by atoms with van der Waals surface area (Å²) in [6.45, 7) is 5.86. The number of likely N-dealkylation sites (tertiary alicyclic amines) is 1.